The molecular weight excluding hydrogens is 185 g/mol. The SMILES string of the molecule is OC(Oc1ccccc1)C(F)(F)F. The van der Waals surface area contributed by atoms with Crippen molar-refractivity contribution in [1.82, 2.24) is 0 Å². The first-order chi connectivity index (χ1) is 6.00. The van der Waals surface area contributed by atoms with E-state index in [1.165, 1.54) is 24.3 Å². The highest BCUT2D eigenvalue weighted by Crippen LogP contribution is 2.22. The third kappa shape index (κ3) is 2.95. The molecule has 1 unspecified atom stereocenters. The van der Waals surface area contributed by atoms with Crippen LogP contribution in [0.1, 0.15) is 0 Å². The van der Waals surface area contributed by atoms with Gasteiger partial charge in [-0.2, -0.15) is 13.2 Å². The third-order valence-electron chi connectivity index (χ3n) is 1.27. The van der Waals surface area contributed by atoms with Crippen molar-refractivity contribution < 1.29 is 23.0 Å². The lowest BCUT2D eigenvalue weighted by molar-refractivity contribution is -0.264. The van der Waals surface area contributed by atoms with Gasteiger partial charge in [0.2, 0.25) is 0 Å². The summed E-state index contributed by atoms with van der Waals surface area (Å²) in [5.74, 6) is -0.0210. The van der Waals surface area contributed by atoms with Gasteiger partial charge in [0.1, 0.15) is 5.75 Å². The molecule has 1 rings (SSSR count). The van der Waals surface area contributed by atoms with Crippen LogP contribution in [0.4, 0.5) is 13.2 Å². The summed E-state index contributed by atoms with van der Waals surface area (Å²) in [6.07, 6.45) is -7.52. The second-order valence-electron chi connectivity index (χ2n) is 2.32. The topological polar surface area (TPSA) is 29.5 Å². The average molecular weight is 192 g/mol. The van der Waals surface area contributed by atoms with Gasteiger partial charge in [-0.3, -0.25) is 0 Å². The van der Waals surface area contributed by atoms with E-state index in [4.69, 9.17) is 5.11 Å². The number of ether oxygens (including phenoxy) is 1. The van der Waals surface area contributed by atoms with Gasteiger partial charge in [-0.25, -0.2) is 0 Å². The number of aliphatic hydroxyl groups is 1. The summed E-state index contributed by atoms with van der Waals surface area (Å²) in [7, 11) is 0. The van der Waals surface area contributed by atoms with Gasteiger partial charge >= 0.3 is 6.18 Å². The van der Waals surface area contributed by atoms with Crippen LogP contribution in [0.15, 0.2) is 30.3 Å². The van der Waals surface area contributed by atoms with Gasteiger partial charge in [-0.05, 0) is 12.1 Å². The van der Waals surface area contributed by atoms with E-state index in [9.17, 15) is 13.2 Å². The van der Waals surface area contributed by atoms with Crippen LogP contribution in [-0.4, -0.2) is 17.6 Å². The molecule has 13 heavy (non-hydrogen) atoms. The van der Waals surface area contributed by atoms with Gasteiger partial charge in [0.15, 0.2) is 0 Å². The first-order valence-electron chi connectivity index (χ1n) is 3.46. The van der Waals surface area contributed by atoms with E-state index in [1.54, 1.807) is 6.07 Å². The van der Waals surface area contributed by atoms with E-state index in [0.29, 0.717) is 0 Å². The fourth-order valence-electron chi connectivity index (χ4n) is 0.695. The zero-order valence-corrected chi connectivity index (χ0v) is 6.45. The van der Waals surface area contributed by atoms with Crippen LogP contribution in [0.25, 0.3) is 0 Å². The maximum Gasteiger partial charge on any atom is 0.452 e. The highest BCUT2D eigenvalue weighted by atomic mass is 19.4. The molecule has 72 valence electrons. The summed E-state index contributed by atoms with van der Waals surface area (Å²) in [5.41, 5.74) is 0. The second-order valence-corrected chi connectivity index (χ2v) is 2.32. The van der Waals surface area contributed by atoms with Crippen LogP contribution in [0.2, 0.25) is 0 Å². The predicted molar refractivity (Wildman–Crippen MR) is 39.1 cm³/mol. The summed E-state index contributed by atoms with van der Waals surface area (Å²) in [6.45, 7) is 0. The molecule has 0 radical (unpaired) electrons. The van der Waals surface area contributed by atoms with E-state index in [2.05, 4.69) is 4.74 Å². The van der Waals surface area contributed by atoms with Gasteiger partial charge < -0.3 is 9.84 Å². The summed E-state index contributed by atoms with van der Waals surface area (Å²) in [4.78, 5) is 0. The minimum atomic E-state index is -4.75. The van der Waals surface area contributed by atoms with Crippen molar-refractivity contribution in [3.63, 3.8) is 0 Å². The van der Waals surface area contributed by atoms with Crippen molar-refractivity contribution >= 4 is 0 Å². The zero-order valence-electron chi connectivity index (χ0n) is 6.45. The van der Waals surface area contributed by atoms with Crippen molar-refractivity contribution in [1.29, 1.82) is 0 Å². The van der Waals surface area contributed by atoms with Crippen molar-refractivity contribution in [2.24, 2.45) is 0 Å². The number of para-hydroxylation sites is 1. The Hall–Kier alpha value is -1.23. The molecule has 0 aromatic heterocycles. The second kappa shape index (κ2) is 3.66. The van der Waals surface area contributed by atoms with Gasteiger partial charge in [0.25, 0.3) is 6.29 Å². The largest absolute Gasteiger partial charge is 0.455 e. The van der Waals surface area contributed by atoms with Crippen molar-refractivity contribution in [2.75, 3.05) is 0 Å². The van der Waals surface area contributed by atoms with Crippen LogP contribution in [0.5, 0.6) is 5.75 Å². The molecule has 1 aromatic carbocycles. The van der Waals surface area contributed by atoms with Crippen molar-refractivity contribution in [3.05, 3.63) is 30.3 Å². The predicted octanol–water partition coefficient (Wildman–Crippen LogP) is 1.95. The molecule has 0 bridgehead atoms. The fraction of sp³-hybridized carbons (Fsp3) is 0.250. The van der Waals surface area contributed by atoms with E-state index in [-0.39, 0.29) is 5.75 Å². The quantitative estimate of drug-likeness (QED) is 0.725. The third-order valence-corrected chi connectivity index (χ3v) is 1.27. The molecule has 0 fully saturated rings. The molecule has 0 heterocycles. The fourth-order valence-corrected chi connectivity index (χ4v) is 0.695. The number of benzene rings is 1. The lowest BCUT2D eigenvalue weighted by Crippen LogP contribution is -2.33. The maximum absolute atomic E-state index is 11.8. The Labute approximate surface area is 72.6 Å². The molecule has 1 aromatic rings. The molecule has 0 spiro atoms. The number of rotatable bonds is 2. The standard InChI is InChI=1S/C8H7F3O2/c9-8(10,11)7(12)13-6-4-2-1-3-5-6/h1-5,7,12H. The Morgan fingerprint density at radius 3 is 2.15 bits per heavy atom. The lowest BCUT2D eigenvalue weighted by atomic mass is 10.3. The summed E-state index contributed by atoms with van der Waals surface area (Å²) >= 11 is 0. The molecule has 0 amide bonds. The average Bonchev–Trinajstić information content (AvgIpc) is 2.04. The van der Waals surface area contributed by atoms with Gasteiger partial charge in [0, 0.05) is 0 Å². The van der Waals surface area contributed by atoms with E-state index in [1.807, 2.05) is 0 Å². The molecule has 0 saturated heterocycles. The highest BCUT2D eigenvalue weighted by molar-refractivity contribution is 5.21. The van der Waals surface area contributed by atoms with Crippen LogP contribution >= 0.6 is 0 Å². The molecule has 0 aliphatic carbocycles. The van der Waals surface area contributed by atoms with Crippen LogP contribution in [0.3, 0.4) is 0 Å². The summed E-state index contributed by atoms with van der Waals surface area (Å²) in [5, 5.41) is 8.49. The smallest absolute Gasteiger partial charge is 0.452 e. The molecule has 0 aliphatic rings. The first kappa shape index (κ1) is 9.85. The Morgan fingerprint density at radius 1 is 1.15 bits per heavy atom. The highest BCUT2D eigenvalue weighted by Gasteiger charge is 2.40. The zero-order chi connectivity index (χ0) is 9.90. The molecular formula is C8H7F3O2. The number of halogens is 3. The Kier molecular flexibility index (Phi) is 2.77. The van der Waals surface area contributed by atoms with Crippen molar-refractivity contribution in [3.8, 4) is 5.75 Å². The summed E-state index contributed by atoms with van der Waals surface area (Å²) in [6, 6.07) is 7.31. The monoisotopic (exact) mass is 192 g/mol. The molecule has 0 aliphatic heterocycles. The molecule has 2 nitrogen and oxygen atoms in total. The maximum atomic E-state index is 11.8. The normalized spacial score (nSPS) is 13.8. The van der Waals surface area contributed by atoms with Crippen LogP contribution in [-0.2, 0) is 0 Å². The molecule has 1 atom stereocenters. The van der Waals surface area contributed by atoms with Crippen LogP contribution < -0.4 is 4.74 Å². The van der Waals surface area contributed by atoms with Gasteiger partial charge in [0.05, 0.1) is 0 Å². The van der Waals surface area contributed by atoms with E-state index >= 15 is 0 Å². The lowest BCUT2D eigenvalue weighted by Gasteiger charge is -2.15. The number of alkyl halides is 3. The first-order valence-corrected chi connectivity index (χ1v) is 3.46. The number of hydrogen-bond acceptors (Lipinski definition) is 2. The number of aliphatic hydroxyl groups excluding tert-OH is 1. The van der Waals surface area contributed by atoms with Gasteiger partial charge in [-0.15, -0.1) is 0 Å². The Balaban J connectivity index is 2.61. The molecule has 0 saturated carbocycles. The molecule has 1 N–H and O–H groups in total. The van der Waals surface area contributed by atoms with Crippen LogP contribution in [0, 0.1) is 0 Å². The molecule has 5 heteroatoms. The minimum absolute atomic E-state index is 0.0210. The van der Waals surface area contributed by atoms with E-state index in [0.717, 1.165) is 0 Å². The summed E-state index contributed by atoms with van der Waals surface area (Å²) < 4.78 is 39.5. The Morgan fingerprint density at radius 2 is 1.69 bits per heavy atom. The number of hydrogen-bond donors (Lipinski definition) is 1. The Bertz CT molecular complexity index is 258. The van der Waals surface area contributed by atoms with Gasteiger partial charge in [-0.1, -0.05) is 18.2 Å². The van der Waals surface area contributed by atoms with Crippen molar-refractivity contribution in [2.45, 2.75) is 12.5 Å². The minimum Gasteiger partial charge on any atom is -0.455 e. The van der Waals surface area contributed by atoms with E-state index < -0.39 is 12.5 Å².